The van der Waals surface area contributed by atoms with Crippen molar-refractivity contribution in [3.05, 3.63) is 70.7 Å². The van der Waals surface area contributed by atoms with Gasteiger partial charge in [0.1, 0.15) is 5.82 Å². The number of hydrogen-bond acceptors (Lipinski definition) is 4. The van der Waals surface area contributed by atoms with Crippen molar-refractivity contribution in [2.24, 2.45) is 0 Å². The number of H-pyrrole nitrogens is 1. The first kappa shape index (κ1) is 22.1. The first-order valence-corrected chi connectivity index (χ1v) is 10.8. The zero-order chi connectivity index (χ0) is 23.0. The molecule has 32 heavy (non-hydrogen) atoms. The predicted octanol–water partition coefficient (Wildman–Crippen LogP) is 6.56. The van der Waals surface area contributed by atoms with E-state index in [1.54, 1.807) is 12.1 Å². The van der Waals surface area contributed by atoms with Crippen LogP contribution in [0.5, 0.6) is 5.75 Å². The van der Waals surface area contributed by atoms with Crippen LogP contribution in [-0.4, -0.2) is 43.3 Å². The lowest BCUT2D eigenvalue weighted by Gasteiger charge is -2.13. The zero-order valence-electron chi connectivity index (χ0n) is 18.3. The van der Waals surface area contributed by atoms with Crippen LogP contribution in [-0.2, 0) is 0 Å². The van der Waals surface area contributed by atoms with E-state index < -0.39 is 0 Å². The number of aromatic amines is 1. The minimum atomic E-state index is -0.136. The number of rotatable bonds is 5. The molecule has 0 atom stereocenters. The lowest BCUT2D eigenvalue weighted by molar-refractivity contribution is 0.476. The fraction of sp³-hybridized carbons (Fsp3) is 0.160. The molecule has 0 unspecified atom stereocenters. The van der Waals surface area contributed by atoms with Gasteiger partial charge in [0.15, 0.2) is 5.75 Å². The Kier molecular flexibility index (Phi) is 6.04. The molecule has 0 aliphatic heterocycles. The Bertz CT molecular complexity index is 1150. The van der Waals surface area contributed by atoms with Crippen molar-refractivity contribution in [2.75, 3.05) is 38.0 Å². The van der Waals surface area contributed by atoms with Crippen molar-refractivity contribution in [2.45, 2.75) is 0 Å². The number of halogens is 2. The molecule has 1 heterocycles. The largest absolute Gasteiger partial charge is 0.505 e. The number of phenolic OH excluding ortho intramolecular Hbond substituents is 1. The molecule has 0 fully saturated rings. The van der Waals surface area contributed by atoms with Crippen LogP contribution in [0.1, 0.15) is 0 Å². The summed E-state index contributed by atoms with van der Waals surface area (Å²) in [5.41, 5.74) is 6.63. The Morgan fingerprint density at radius 1 is 0.719 bits per heavy atom. The molecule has 164 valence electrons. The van der Waals surface area contributed by atoms with Gasteiger partial charge in [-0.15, -0.1) is 0 Å². The summed E-state index contributed by atoms with van der Waals surface area (Å²) in [5.74, 6) is 0.481. The third-order valence-electron chi connectivity index (χ3n) is 5.32. The predicted molar refractivity (Wildman–Crippen MR) is 135 cm³/mol. The van der Waals surface area contributed by atoms with Crippen molar-refractivity contribution >= 4 is 34.6 Å². The van der Waals surface area contributed by atoms with Crippen molar-refractivity contribution < 1.29 is 5.11 Å². The maximum Gasteiger partial charge on any atom is 0.152 e. The van der Waals surface area contributed by atoms with Crippen molar-refractivity contribution in [3.63, 3.8) is 0 Å². The second-order valence-corrected chi connectivity index (χ2v) is 8.79. The highest BCUT2D eigenvalue weighted by Gasteiger charge is 2.17. The quantitative estimate of drug-likeness (QED) is 0.349. The van der Waals surface area contributed by atoms with Crippen LogP contribution in [0.4, 0.5) is 11.4 Å². The third-order valence-corrected chi connectivity index (χ3v) is 5.90. The van der Waals surface area contributed by atoms with Gasteiger partial charge in [0.05, 0.1) is 21.4 Å². The highest BCUT2D eigenvalue weighted by molar-refractivity contribution is 6.37. The SMILES string of the molecule is CN(C)c1ccc(-c2nc(-c3cc(Cl)c(O)c(Cl)c3)[nH]c2-c2ccc(N(C)C)cc2)cc1. The molecule has 0 saturated carbocycles. The van der Waals surface area contributed by atoms with Crippen LogP contribution in [0.2, 0.25) is 10.0 Å². The molecule has 0 radical (unpaired) electrons. The van der Waals surface area contributed by atoms with E-state index in [0.717, 1.165) is 33.9 Å². The minimum Gasteiger partial charge on any atom is -0.505 e. The number of benzene rings is 3. The number of phenols is 1. The lowest BCUT2D eigenvalue weighted by atomic mass is 10.0. The average Bonchev–Trinajstić information content (AvgIpc) is 3.22. The maximum absolute atomic E-state index is 9.93. The van der Waals surface area contributed by atoms with Crippen molar-refractivity contribution in [3.8, 4) is 39.7 Å². The lowest BCUT2D eigenvalue weighted by Crippen LogP contribution is -2.08. The molecule has 4 aromatic rings. The molecule has 0 aliphatic carbocycles. The van der Waals surface area contributed by atoms with Gasteiger partial charge in [0.25, 0.3) is 0 Å². The fourth-order valence-corrected chi connectivity index (χ4v) is 3.96. The van der Waals surface area contributed by atoms with Gasteiger partial charge < -0.3 is 19.9 Å². The van der Waals surface area contributed by atoms with Crippen molar-refractivity contribution in [1.29, 1.82) is 0 Å². The van der Waals surface area contributed by atoms with Crippen molar-refractivity contribution in [1.82, 2.24) is 9.97 Å². The summed E-state index contributed by atoms with van der Waals surface area (Å²) >= 11 is 12.3. The Morgan fingerprint density at radius 3 is 1.66 bits per heavy atom. The molecule has 0 saturated heterocycles. The molecule has 1 aromatic heterocycles. The van der Waals surface area contributed by atoms with Gasteiger partial charge in [0.2, 0.25) is 0 Å². The van der Waals surface area contributed by atoms with Crippen LogP contribution < -0.4 is 9.80 Å². The number of hydrogen-bond donors (Lipinski definition) is 2. The summed E-state index contributed by atoms with van der Waals surface area (Å²) in [6.07, 6.45) is 0. The monoisotopic (exact) mass is 466 g/mol. The van der Waals surface area contributed by atoms with E-state index in [2.05, 4.69) is 63.3 Å². The van der Waals surface area contributed by atoms with E-state index in [0.29, 0.717) is 11.4 Å². The normalized spacial score (nSPS) is 10.9. The second-order valence-electron chi connectivity index (χ2n) is 7.98. The molecular formula is C25H24Cl2N4O. The number of anilines is 2. The summed E-state index contributed by atoms with van der Waals surface area (Å²) in [6, 6.07) is 19.8. The van der Waals surface area contributed by atoms with Gasteiger partial charge in [-0.25, -0.2) is 4.98 Å². The molecule has 4 rings (SSSR count). The van der Waals surface area contributed by atoms with Gasteiger partial charge in [-0.2, -0.15) is 0 Å². The molecular weight excluding hydrogens is 443 g/mol. The first-order chi connectivity index (χ1) is 15.2. The molecule has 0 amide bonds. The minimum absolute atomic E-state index is 0.136. The van der Waals surface area contributed by atoms with Crippen LogP contribution in [0.15, 0.2) is 60.7 Å². The number of aromatic nitrogens is 2. The first-order valence-electron chi connectivity index (χ1n) is 10.1. The van der Waals surface area contributed by atoms with Crippen LogP contribution in [0, 0.1) is 0 Å². The van der Waals surface area contributed by atoms with Gasteiger partial charge >= 0.3 is 0 Å². The Labute approximate surface area is 197 Å². The van der Waals surface area contributed by atoms with E-state index in [1.807, 2.05) is 28.2 Å². The van der Waals surface area contributed by atoms with E-state index in [4.69, 9.17) is 28.2 Å². The van der Waals surface area contributed by atoms with E-state index in [-0.39, 0.29) is 15.8 Å². The Morgan fingerprint density at radius 2 is 1.19 bits per heavy atom. The summed E-state index contributed by atoms with van der Waals surface area (Å²) in [7, 11) is 8.05. The molecule has 0 aliphatic rings. The van der Waals surface area contributed by atoms with E-state index in [1.165, 1.54) is 0 Å². The number of nitrogens with zero attached hydrogens (tertiary/aromatic N) is 3. The number of aromatic hydroxyl groups is 1. The number of nitrogens with one attached hydrogen (secondary N) is 1. The van der Waals surface area contributed by atoms with Gasteiger partial charge in [-0.3, -0.25) is 0 Å². The van der Waals surface area contributed by atoms with Gasteiger partial charge in [0, 0.05) is 56.3 Å². The highest BCUT2D eigenvalue weighted by Crippen LogP contribution is 2.38. The average molecular weight is 467 g/mol. The zero-order valence-corrected chi connectivity index (χ0v) is 19.8. The van der Waals surface area contributed by atoms with Gasteiger partial charge in [-0.1, -0.05) is 47.5 Å². The fourth-order valence-electron chi connectivity index (χ4n) is 3.47. The summed E-state index contributed by atoms with van der Waals surface area (Å²) in [4.78, 5) is 12.4. The molecule has 3 aromatic carbocycles. The summed E-state index contributed by atoms with van der Waals surface area (Å²) in [5, 5.41) is 10.3. The second kappa shape index (κ2) is 8.77. The van der Waals surface area contributed by atoms with E-state index in [9.17, 15) is 5.11 Å². The standard InChI is InChI=1S/C25H24Cl2N4O/c1-30(2)18-9-5-15(6-10-18)22-23(16-7-11-19(12-8-16)31(3)4)29-25(28-22)17-13-20(26)24(32)21(27)14-17/h5-14,32H,1-4H3,(H,28,29). The molecule has 0 spiro atoms. The highest BCUT2D eigenvalue weighted by atomic mass is 35.5. The number of imidazole rings is 1. The molecule has 2 N–H and O–H groups in total. The Balaban J connectivity index is 1.86. The van der Waals surface area contributed by atoms with Crippen LogP contribution >= 0.6 is 23.2 Å². The van der Waals surface area contributed by atoms with Crippen LogP contribution in [0.3, 0.4) is 0 Å². The van der Waals surface area contributed by atoms with Crippen LogP contribution in [0.25, 0.3) is 33.9 Å². The summed E-state index contributed by atoms with van der Waals surface area (Å²) in [6.45, 7) is 0. The van der Waals surface area contributed by atoms with E-state index >= 15 is 0 Å². The molecule has 5 nitrogen and oxygen atoms in total. The third kappa shape index (κ3) is 4.27. The maximum atomic E-state index is 9.93. The smallest absolute Gasteiger partial charge is 0.152 e. The molecule has 7 heteroatoms. The topological polar surface area (TPSA) is 55.4 Å². The molecule has 0 bridgehead atoms. The summed E-state index contributed by atoms with van der Waals surface area (Å²) < 4.78 is 0. The Hall–Kier alpha value is -3.15. The van der Waals surface area contributed by atoms with Gasteiger partial charge in [-0.05, 0) is 36.4 Å².